The summed E-state index contributed by atoms with van der Waals surface area (Å²) in [5.74, 6) is 0.0696. The first kappa shape index (κ1) is 14.2. The van der Waals surface area contributed by atoms with E-state index in [2.05, 4.69) is 15.0 Å². The Hall–Kier alpha value is -2.76. The average molecular weight is 298 g/mol. The highest BCUT2D eigenvalue weighted by molar-refractivity contribution is 5.83. The highest BCUT2D eigenvalue weighted by Gasteiger charge is 2.12. The molecule has 0 saturated carbocycles. The molecule has 0 N–H and O–H groups in total. The monoisotopic (exact) mass is 298 g/mol. The van der Waals surface area contributed by atoms with Gasteiger partial charge in [-0.25, -0.2) is 14.4 Å². The fourth-order valence-corrected chi connectivity index (χ4v) is 2.26. The van der Waals surface area contributed by atoms with Gasteiger partial charge in [-0.1, -0.05) is 6.07 Å². The lowest BCUT2D eigenvalue weighted by atomic mass is 10.1. The second-order valence-electron chi connectivity index (χ2n) is 5.00. The van der Waals surface area contributed by atoms with Crippen LogP contribution in [-0.2, 0) is 0 Å². The van der Waals surface area contributed by atoms with Gasteiger partial charge in [0, 0.05) is 32.1 Å². The summed E-state index contributed by atoms with van der Waals surface area (Å²) in [4.78, 5) is 14.6. The van der Waals surface area contributed by atoms with Gasteiger partial charge in [-0.15, -0.1) is 0 Å². The van der Waals surface area contributed by atoms with Crippen molar-refractivity contribution in [2.45, 2.75) is 0 Å². The number of rotatable bonds is 3. The Balaban J connectivity index is 2.16. The number of hydrogen-bond donors (Lipinski definition) is 0. The number of aromatic nitrogens is 3. The van der Waals surface area contributed by atoms with E-state index in [1.54, 1.807) is 43.5 Å². The van der Waals surface area contributed by atoms with Crippen molar-refractivity contribution in [2.75, 3.05) is 26.1 Å². The van der Waals surface area contributed by atoms with Gasteiger partial charge in [0.25, 0.3) is 0 Å². The molecule has 2 heterocycles. The van der Waals surface area contributed by atoms with Gasteiger partial charge < -0.3 is 9.64 Å². The summed E-state index contributed by atoms with van der Waals surface area (Å²) in [6, 6.07) is 6.77. The minimum absolute atomic E-state index is 0.303. The number of ether oxygens (including phenoxy) is 1. The molecule has 0 amide bonds. The molecule has 22 heavy (non-hydrogen) atoms. The molecular formula is C16H15FN4O. The molecule has 0 bridgehead atoms. The van der Waals surface area contributed by atoms with Gasteiger partial charge in [0.2, 0.25) is 5.88 Å². The topological polar surface area (TPSA) is 51.1 Å². The number of hydrogen-bond acceptors (Lipinski definition) is 5. The first-order chi connectivity index (χ1) is 10.6. The number of fused-ring (bicyclic) bond motifs is 1. The molecule has 0 unspecified atom stereocenters. The molecule has 6 heteroatoms. The summed E-state index contributed by atoms with van der Waals surface area (Å²) in [6.45, 7) is 0. The van der Waals surface area contributed by atoms with Crippen LogP contribution in [0, 0.1) is 5.82 Å². The largest absolute Gasteiger partial charge is 0.479 e. The molecule has 0 aliphatic heterocycles. The van der Waals surface area contributed by atoms with Gasteiger partial charge in [0.1, 0.15) is 5.82 Å². The predicted molar refractivity (Wildman–Crippen MR) is 83.6 cm³/mol. The third-order valence-corrected chi connectivity index (χ3v) is 3.34. The average Bonchev–Trinajstić information content (AvgIpc) is 2.53. The minimum Gasteiger partial charge on any atom is -0.479 e. The van der Waals surface area contributed by atoms with Crippen LogP contribution in [0.15, 0.2) is 36.7 Å². The summed E-state index contributed by atoms with van der Waals surface area (Å²) in [5, 5.41) is 0. The molecule has 1 aromatic carbocycles. The molecule has 2 aromatic heterocycles. The first-order valence-corrected chi connectivity index (χ1v) is 6.73. The third kappa shape index (κ3) is 2.43. The zero-order valence-electron chi connectivity index (χ0n) is 12.5. The smallest absolute Gasteiger partial charge is 0.242 e. The fourth-order valence-electron chi connectivity index (χ4n) is 2.26. The van der Waals surface area contributed by atoms with Crippen molar-refractivity contribution < 1.29 is 9.13 Å². The summed E-state index contributed by atoms with van der Waals surface area (Å²) >= 11 is 0. The Labute approximate surface area is 127 Å². The van der Waals surface area contributed by atoms with Crippen molar-refractivity contribution in [3.8, 4) is 17.1 Å². The minimum atomic E-state index is -0.303. The standard InChI is InChI=1S/C16H15FN4O/c1-21(2)14-5-4-10(8-11(14)17)12-9-13-15(16(20-12)22-3)19-7-6-18-13/h4-9H,1-3H3. The van der Waals surface area contributed by atoms with E-state index in [0.29, 0.717) is 33.9 Å². The van der Waals surface area contributed by atoms with E-state index in [9.17, 15) is 4.39 Å². The highest BCUT2D eigenvalue weighted by Crippen LogP contribution is 2.29. The van der Waals surface area contributed by atoms with Gasteiger partial charge in [-0.3, -0.25) is 4.98 Å². The van der Waals surface area contributed by atoms with E-state index < -0.39 is 0 Å². The number of pyridine rings is 1. The van der Waals surface area contributed by atoms with Crippen molar-refractivity contribution in [3.63, 3.8) is 0 Å². The fraction of sp³-hybridized carbons (Fsp3) is 0.188. The first-order valence-electron chi connectivity index (χ1n) is 6.73. The van der Waals surface area contributed by atoms with Crippen LogP contribution in [0.25, 0.3) is 22.3 Å². The molecule has 0 atom stereocenters. The Morgan fingerprint density at radius 3 is 2.55 bits per heavy atom. The maximum atomic E-state index is 14.2. The zero-order valence-corrected chi connectivity index (χ0v) is 12.5. The maximum Gasteiger partial charge on any atom is 0.242 e. The van der Waals surface area contributed by atoms with Crippen LogP contribution < -0.4 is 9.64 Å². The number of nitrogens with zero attached hydrogens (tertiary/aromatic N) is 4. The van der Waals surface area contributed by atoms with E-state index in [-0.39, 0.29) is 5.82 Å². The van der Waals surface area contributed by atoms with Gasteiger partial charge in [0.05, 0.1) is 24.0 Å². The lowest BCUT2D eigenvalue weighted by Gasteiger charge is -2.14. The van der Waals surface area contributed by atoms with E-state index in [1.165, 1.54) is 13.2 Å². The van der Waals surface area contributed by atoms with Crippen molar-refractivity contribution in [3.05, 3.63) is 42.5 Å². The molecule has 0 radical (unpaired) electrons. The maximum absolute atomic E-state index is 14.2. The predicted octanol–water partition coefficient (Wildman–Crippen LogP) is 2.91. The summed E-state index contributed by atoms with van der Waals surface area (Å²) in [7, 11) is 5.12. The van der Waals surface area contributed by atoms with Gasteiger partial charge in [-0.2, -0.15) is 0 Å². The van der Waals surface area contributed by atoms with Gasteiger partial charge >= 0.3 is 0 Å². The van der Waals surface area contributed by atoms with E-state index in [1.807, 2.05) is 6.07 Å². The Morgan fingerprint density at radius 2 is 1.86 bits per heavy atom. The summed E-state index contributed by atoms with van der Waals surface area (Å²) < 4.78 is 19.4. The van der Waals surface area contributed by atoms with Crippen LogP contribution >= 0.6 is 0 Å². The molecule has 3 aromatic rings. The van der Waals surface area contributed by atoms with Gasteiger partial charge in [-0.05, 0) is 18.2 Å². The van der Waals surface area contributed by atoms with E-state index in [4.69, 9.17) is 4.74 Å². The van der Waals surface area contributed by atoms with Crippen LogP contribution in [-0.4, -0.2) is 36.2 Å². The van der Waals surface area contributed by atoms with Crippen LogP contribution in [0.4, 0.5) is 10.1 Å². The molecule has 0 aliphatic carbocycles. The van der Waals surface area contributed by atoms with Gasteiger partial charge in [0.15, 0.2) is 5.52 Å². The summed E-state index contributed by atoms with van der Waals surface area (Å²) in [5.41, 5.74) is 3.01. The molecule has 0 spiro atoms. The number of anilines is 1. The molecular weight excluding hydrogens is 283 g/mol. The molecule has 0 aliphatic rings. The van der Waals surface area contributed by atoms with Crippen LogP contribution in [0.1, 0.15) is 0 Å². The van der Waals surface area contributed by atoms with Crippen LogP contribution in [0.3, 0.4) is 0 Å². The van der Waals surface area contributed by atoms with Crippen molar-refractivity contribution in [1.82, 2.24) is 15.0 Å². The van der Waals surface area contributed by atoms with E-state index in [0.717, 1.165) is 0 Å². The molecule has 3 rings (SSSR count). The molecule has 0 fully saturated rings. The number of methoxy groups -OCH3 is 1. The van der Waals surface area contributed by atoms with Crippen LogP contribution in [0.2, 0.25) is 0 Å². The molecule has 0 saturated heterocycles. The normalized spacial score (nSPS) is 10.7. The molecule has 5 nitrogen and oxygen atoms in total. The zero-order chi connectivity index (χ0) is 15.7. The quantitative estimate of drug-likeness (QED) is 0.744. The number of halogens is 1. The van der Waals surface area contributed by atoms with Crippen molar-refractivity contribution in [1.29, 1.82) is 0 Å². The molecule has 112 valence electrons. The summed E-state index contributed by atoms with van der Waals surface area (Å²) in [6.07, 6.45) is 3.18. The Kier molecular flexibility index (Phi) is 3.58. The van der Waals surface area contributed by atoms with Crippen molar-refractivity contribution >= 4 is 16.7 Å². The highest BCUT2D eigenvalue weighted by atomic mass is 19.1. The lowest BCUT2D eigenvalue weighted by molar-refractivity contribution is 0.403. The Morgan fingerprint density at radius 1 is 1.09 bits per heavy atom. The van der Waals surface area contributed by atoms with Crippen LogP contribution in [0.5, 0.6) is 5.88 Å². The van der Waals surface area contributed by atoms with Crippen molar-refractivity contribution in [2.24, 2.45) is 0 Å². The second-order valence-corrected chi connectivity index (χ2v) is 5.00. The second kappa shape index (κ2) is 5.55. The number of benzene rings is 1. The van der Waals surface area contributed by atoms with E-state index >= 15 is 0 Å². The lowest BCUT2D eigenvalue weighted by Crippen LogP contribution is -2.10. The SMILES string of the molecule is COc1nc(-c2ccc(N(C)C)c(F)c2)cc2nccnc12. The Bertz CT molecular complexity index is 835. The third-order valence-electron chi connectivity index (χ3n) is 3.34.